The second-order valence-electron chi connectivity index (χ2n) is 4.81. The van der Waals surface area contributed by atoms with Gasteiger partial charge in [-0.2, -0.15) is 5.10 Å². The third kappa shape index (κ3) is 3.14. The molecule has 0 saturated carbocycles. The van der Waals surface area contributed by atoms with Crippen LogP contribution in [0.1, 0.15) is 18.1 Å². The van der Waals surface area contributed by atoms with E-state index in [1.165, 1.54) is 6.07 Å². The fraction of sp³-hybridized carbons (Fsp3) is 0.417. The smallest absolute Gasteiger partial charge is 0.250 e. The molecule has 21 heavy (non-hydrogen) atoms. The quantitative estimate of drug-likeness (QED) is 0.917. The van der Waals surface area contributed by atoms with Crippen LogP contribution in [0.15, 0.2) is 28.7 Å². The van der Waals surface area contributed by atoms with Crippen molar-refractivity contribution in [2.45, 2.75) is 22.8 Å². The maximum Gasteiger partial charge on any atom is 0.250 e. The lowest BCUT2D eigenvalue weighted by molar-refractivity contribution is 0.102. The Bertz CT molecular complexity index is 741. The van der Waals surface area contributed by atoms with Crippen molar-refractivity contribution in [2.75, 3.05) is 6.61 Å². The number of sulfonamides is 1. The summed E-state index contributed by atoms with van der Waals surface area (Å²) in [6, 6.07) is 2.77. The zero-order valence-corrected chi connectivity index (χ0v) is 13.6. The van der Waals surface area contributed by atoms with Gasteiger partial charge >= 0.3 is 0 Å². The number of ether oxygens (including phenoxy) is 1. The summed E-state index contributed by atoms with van der Waals surface area (Å²) < 4.78 is 35.4. The van der Waals surface area contributed by atoms with Crippen LogP contribution in [0.4, 0.5) is 0 Å². The van der Waals surface area contributed by atoms with E-state index < -0.39 is 10.0 Å². The summed E-state index contributed by atoms with van der Waals surface area (Å²) >= 11 is 6.84. The number of halogens is 1. The van der Waals surface area contributed by atoms with Crippen molar-refractivity contribution in [1.82, 2.24) is 14.5 Å². The van der Waals surface area contributed by atoms with Gasteiger partial charge < -0.3 is 4.74 Å². The Morgan fingerprint density at radius 1 is 1.52 bits per heavy atom. The van der Waals surface area contributed by atoms with Crippen LogP contribution in [0.3, 0.4) is 0 Å². The molecule has 1 N–H and O–H groups in total. The lowest BCUT2D eigenvalue weighted by atomic mass is 10.1. The molecule has 6 nitrogen and oxygen atoms in total. The second kappa shape index (κ2) is 5.69. The molecular weight excluding hydrogens is 334 g/mol. The third-order valence-corrected chi connectivity index (χ3v) is 6.48. The summed E-state index contributed by atoms with van der Waals surface area (Å²) in [5, 5.41) is 4.10. The fourth-order valence-electron chi connectivity index (χ4n) is 2.33. The van der Waals surface area contributed by atoms with Crippen molar-refractivity contribution in [3.63, 3.8) is 0 Å². The Morgan fingerprint density at radius 2 is 2.33 bits per heavy atom. The first kappa shape index (κ1) is 15.0. The Balaban J connectivity index is 1.80. The maximum absolute atomic E-state index is 12.3. The van der Waals surface area contributed by atoms with Crippen LogP contribution in [0, 0.1) is 0 Å². The highest BCUT2D eigenvalue weighted by Gasteiger charge is 2.34. The Labute approximate surface area is 131 Å². The van der Waals surface area contributed by atoms with E-state index in [4.69, 9.17) is 16.3 Å². The van der Waals surface area contributed by atoms with E-state index >= 15 is 0 Å². The summed E-state index contributed by atoms with van der Waals surface area (Å²) in [6.07, 6.45) is 3.83. The topological polar surface area (TPSA) is 73.2 Å². The van der Waals surface area contributed by atoms with E-state index in [2.05, 4.69) is 9.82 Å². The van der Waals surface area contributed by atoms with E-state index in [0.717, 1.165) is 16.9 Å². The molecule has 1 aliphatic rings. The molecule has 2 atom stereocenters. The number of aryl methyl sites for hydroxylation is 1. The molecule has 0 unspecified atom stereocenters. The number of hydrogen-bond acceptors (Lipinski definition) is 5. The standard InChI is InChI=1S/C12H14ClN3O3S2/c1-16-7-8(6-14-16)12-9(4-5-19-12)15-21(17,18)11-3-2-10(13)20-11/h2-3,6-7,9,12,15H,4-5H2,1H3/t9-,12+/m0/s1. The minimum absolute atomic E-state index is 0.212. The van der Waals surface area contributed by atoms with Crippen LogP contribution in [0.2, 0.25) is 4.34 Å². The molecule has 1 saturated heterocycles. The first-order chi connectivity index (χ1) is 9.95. The minimum Gasteiger partial charge on any atom is -0.372 e. The van der Waals surface area contributed by atoms with Gasteiger partial charge in [-0.1, -0.05) is 11.6 Å². The van der Waals surface area contributed by atoms with Gasteiger partial charge in [0.1, 0.15) is 10.3 Å². The summed E-state index contributed by atoms with van der Waals surface area (Å²) in [6.45, 7) is 0.512. The van der Waals surface area contributed by atoms with Crippen molar-refractivity contribution in [1.29, 1.82) is 0 Å². The molecule has 1 aliphatic heterocycles. The van der Waals surface area contributed by atoms with Crippen LogP contribution in [0.5, 0.6) is 0 Å². The van der Waals surface area contributed by atoms with Gasteiger partial charge in [0.2, 0.25) is 10.0 Å². The molecule has 0 aromatic carbocycles. The molecule has 0 radical (unpaired) electrons. The van der Waals surface area contributed by atoms with Crippen LogP contribution >= 0.6 is 22.9 Å². The van der Waals surface area contributed by atoms with E-state index in [1.54, 1.807) is 16.9 Å². The predicted octanol–water partition coefficient (Wildman–Crippen LogP) is 1.94. The molecule has 9 heteroatoms. The number of thiophene rings is 1. The van der Waals surface area contributed by atoms with Gasteiger partial charge in [-0.05, 0) is 18.6 Å². The van der Waals surface area contributed by atoms with E-state index in [-0.39, 0.29) is 16.4 Å². The van der Waals surface area contributed by atoms with Gasteiger partial charge in [0, 0.05) is 25.4 Å². The largest absolute Gasteiger partial charge is 0.372 e. The SMILES string of the molecule is Cn1cc([C@H]2OCC[C@@H]2NS(=O)(=O)c2ccc(Cl)s2)cn1. The molecule has 1 fully saturated rings. The second-order valence-corrected chi connectivity index (χ2v) is 8.47. The van der Waals surface area contributed by atoms with Crippen molar-refractivity contribution in [3.05, 3.63) is 34.4 Å². The number of hydrogen-bond donors (Lipinski definition) is 1. The van der Waals surface area contributed by atoms with Gasteiger partial charge in [0.05, 0.1) is 16.6 Å². The summed E-state index contributed by atoms with van der Waals surface area (Å²) in [4.78, 5) is 0. The van der Waals surface area contributed by atoms with Crippen LogP contribution in [-0.2, 0) is 21.8 Å². The van der Waals surface area contributed by atoms with Crippen LogP contribution in [-0.4, -0.2) is 30.8 Å². The highest BCUT2D eigenvalue weighted by molar-refractivity contribution is 7.91. The molecule has 0 bridgehead atoms. The maximum atomic E-state index is 12.3. The average Bonchev–Trinajstić information content (AvgIpc) is 3.10. The van der Waals surface area contributed by atoms with Crippen LogP contribution in [0.25, 0.3) is 0 Å². The van der Waals surface area contributed by atoms with Crippen molar-refractivity contribution in [2.24, 2.45) is 7.05 Å². The Kier molecular flexibility index (Phi) is 4.06. The monoisotopic (exact) mass is 347 g/mol. The molecule has 3 rings (SSSR count). The first-order valence-corrected chi connectivity index (χ1v) is 9.01. The van der Waals surface area contributed by atoms with Gasteiger partial charge in [0.15, 0.2) is 0 Å². The summed E-state index contributed by atoms with van der Waals surface area (Å²) in [5.74, 6) is 0. The summed E-state index contributed by atoms with van der Waals surface area (Å²) in [7, 11) is -1.77. The highest BCUT2D eigenvalue weighted by atomic mass is 35.5. The van der Waals surface area contributed by atoms with E-state index in [1.807, 2.05) is 13.2 Å². The van der Waals surface area contributed by atoms with Gasteiger partial charge in [-0.3, -0.25) is 4.68 Å². The van der Waals surface area contributed by atoms with Gasteiger partial charge in [-0.15, -0.1) is 11.3 Å². The Hall–Kier alpha value is -0.930. The molecule has 0 amide bonds. The van der Waals surface area contributed by atoms with E-state index in [0.29, 0.717) is 17.4 Å². The number of aromatic nitrogens is 2. The molecule has 0 spiro atoms. The van der Waals surface area contributed by atoms with Gasteiger partial charge in [-0.25, -0.2) is 13.1 Å². The van der Waals surface area contributed by atoms with Gasteiger partial charge in [0.25, 0.3) is 0 Å². The molecule has 0 aliphatic carbocycles. The van der Waals surface area contributed by atoms with Crippen molar-refractivity contribution < 1.29 is 13.2 Å². The highest BCUT2D eigenvalue weighted by Crippen LogP contribution is 2.31. The van der Waals surface area contributed by atoms with Crippen molar-refractivity contribution >= 4 is 33.0 Å². The molecular formula is C12H14ClN3O3S2. The normalized spacial score (nSPS) is 22.8. The first-order valence-electron chi connectivity index (χ1n) is 6.33. The average molecular weight is 348 g/mol. The summed E-state index contributed by atoms with van der Waals surface area (Å²) in [5.41, 5.74) is 0.868. The third-order valence-electron chi connectivity index (χ3n) is 3.27. The number of nitrogens with zero attached hydrogens (tertiary/aromatic N) is 2. The zero-order chi connectivity index (χ0) is 15.0. The van der Waals surface area contributed by atoms with Crippen LogP contribution < -0.4 is 4.72 Å². The molecule has 2 aromatic rings. The predicted molar refractivity (Wildman–Crippen MR) is 80.0 cm³/mol. The molecule has 114 valence electrons. The zero-order valence-electron chi connectivity index (χ0n) is 11.2. The number of nitrogens with one attached hydrogen (secondary N) is 1. The fourth-order valence-corrected chi connectivity index (χ4v) is 5.10. The Morgan fingerprint density at radius 3 is 2.95 bits per heavy atom. The van der Waals surface area contributed by atoms with Crippen molar-refractivity contribution in [3.8, 4) is 0 Å². The lowest BCUT2D eigenvalue weighted by Crippen LogP contribution is -2.36. The molecule has 3 heterocycles. The van der Waals surface area contributed by atoms with E-state index in [9.17, 15) is 8.42 Å². The lowest BCUT2D eigenvalue weighted by Gasteiger charge is -2.18. The minimum atomic E-state index is -3.58. The number of rotatable bonds is 4. The molecule has 2 aromatic heterocycles.